The van der Waals surface area contributed by atoms with Gasteiger partial charge in [-0.1, -0.05) is 11.6 Å². The van der Waals surface area contributed by atoms with E-state index in [2.05, 4.69) is 5.32 Å². The van der Waals surface area contributed by atoms with Gasteiger partial charge in [-0.25, -0.2) is 0 Å². The number of halogens is 1. The Morgan fingerprint density at radius 2 is 2.21 bits per heavy atom. The summed E-state index contributed by atoms with van der Waals surface area (Å²) in [6, 6.07) is 5.27. The number of benzene rings is 1. The van der Waals surface area contributed by atoms with Crippen LogP contribution in [0.1, 0.15) is 12.0 Å². The van der Waals surface area contributed by atoms with E-state index in [9.17, 15) is 9.59 Å². The maximum absolute atomic E-state index is 11.9. The topological polar surface area (TPSA) is 58.6 Å². The zero-order valence-corrected chi connectivity index (χ0v) is 11.4. The first-order valence-corrected chi connectivity index (χ1v) is 6.35. The molecule has 0 aliphatic carbocycles. The maximum Gasteiger partial charge on any atom is 0.242 e. The highest BCUT2D eigenvalue weighted by molar-refractivity contribution is 6.30. The lowest BCUT2D eigenvalue weighted by atomic mass is 10.2. The van der Waals surface area contributed by atoms with E-state index < -0.39 is 0 Å². The van der Waals surface area contributed by atoms with Gasteiger partial charge in [-0.3, -0.25) is 9.59 Å². The molecule has 1 N–H and O–H groups in total. The Bertz CT molecular complexity index is 505. The number of carbonyl (C=O) groups excluding carboxylic acids is 2. The number of carbonyl (C=O) groups is 2. The monoisotopic (exact) mass is 282 g/mol. The minimum atomic E-state index is -0.104. The fourth-order valence-corrected chi connectivity index (χ4v) is 2.17. The van der Waals surface area contributed by atoms with E-state index in [-0.39, 0.29) is 18.4 Å². The summed E-state index contributed by atoms with van der Waals surface area (Å²) in [5, 5.41) is 3.15. The normalized spacial score (nSPS) is 16.0. The second kappa shape index (κ2) is 5.93. The summed E-state index contributed by atoms with van der Waals surface area (Å²) in [6.07, 6.45) is 0.314. The SMILES string of the molecule is COc1ccc(Cl)cc1CN1CCC(=O)NCC1=O. The van der Waals surface area contributed by atoms with Gasteiger partial charge >= 0.3 is 0 Å². The fraction of sp³-hybridized carbons (Fsp3) is 0.385. The van der Waals surface area contributed by atoms with E-state index in [0.717, 1.165) is 5.56 Å². The van der Waals surface area contributed by atoms with Crippen LogP contribution >= 0.6 is 11.6 Å². The third-order valence-electron chi connectivity index (χ3n) is 3.00. The molecule has 0 bridgehead atoms. The third kappa shape index (κ3) is 3.38. The van der Waals surface area contributed by atoms with Crippen LogP contribution in [0.4, 0.5) is 0 Å². The quantitative estimate of drug-likeness (QED) is 0.906. The largest absolute Gasteiger partial charge is 0.496 e. The zero-order valence-electron chi connectivity index (χ0n) is 10.6. The predicted molar refractivity (Wildman–Crippen MR) is 71.0 cm³/mol. The number of hydrogen-bond acceptors (Lipinski definition) is 3. The van der Waals surface area contributed by atoms with Gasteiger partial charge in [-0.2, -0.15) is 0 Å². The molecule has 19 heavy (non-hydrogen) atoms. The Morgan fingerprint density at radius 1 is 1.42 bits per heavy atom. The molecule has 0 radical (unpaired) electrons. The lowest BCUT2D eigenvalue weighted by Crippen LogP contribution is -2.34. The van der Waals surface area contributed by atoms with Crippen molar-refractivity contribution in [2.45, 2.75) is 13.0 Å². The number of rotatable bonds is 3. The average Bonchev–Trinajstić information content (AvgIpc) is 2.54. The van der Waals surface area contributed by atoms with Crippen molar-refractivity contribution >= 4 is 23.4 Å². The minimum absolute atomic E-state index is 0.0434. The summed E-state index contributed by atoms with van der Waals surface area (Å²) in [4.78, 5) is 24.8. The van der Waals surface area contributed by atoms with Crippen molar-refractivity contribution in [3.63, 3.8) is 0 Å². The third-order valence-corrected chi connectivity index (χ3v) is 3.24. The standard InChI is InChI=1S/C13H15ClN2O3/c1-19-11-3-2-10(14)6-9(11)8-16-5-4-12(17)15-7-13(16)18/h2-3,6H,4-5,7-8H2,1H3,(H,15,17). The Kier molecular flexibility index (Phi) is 4.27. The van der Waals surface area contributed by atoms with Crippen LogP contribution in [0, 0.1) is 0 Å². The number of nitrogens with one attached hydrogen (secondary N) is 1. The number of hydrogen-bond donors (Lipinski definition) is 1. The number of ether oxygens (including phenoxy) is 1. The summed E-state index contributed by atoms with van der Waals surface area (Å²) in [5.41, 5.74) is 0.831. The highest BCUT2D eigenvalue weighted by atomic mass is 35.5. The van der Waals surface area contributed by atoms with Crippen molar-refractivity contribution in [3.8, 4) is 5.75 Å². The van der Waals surface area contributed by atoms with Crippen LogP contribution in [0.3, 0.4) is 0 Å². The van der Waals surface area contributed by atoms with E-state index in [4.69, 9.17) is 16.3 Å². The van der Waals surface area contributed by atoms with Gasteiger partial charge < -0.3 is 15.0 Å². The van der Waals surface area contributed by atoms with Crippen molar-refractivity contribution in [1.29, 1.82) is 0 Å². The molecular weight excluding hydrogens is 268 g/mol. The Labute approximate surface area is 116 Å². The van der Waals surface area contributed by atoms with E-state index >= 15 is 0 Å². The van der Waals surface area contributed by atoms with Gasteiger partial charge in [-0.15, -0.1) is 0 Å². The van der Waals surface area contributed by atoms with Gasteiger partial charge in [0.05, 0.1) is 13.7 Å². The molecule has 1 saturated heterocycles. The molecule has 6 heteroatoms. The van der Waals surface area contributed by atoms with Crippen LogP contribution < -0.4 is 10.1 Å². The van der Waals surface area contributed by atoms with Crippen LogP contribution in [0.2, 0.25) is 5.02 Å². The molecule has 2 amide bonds. The van der Waals surface area contributed by atoms with Crippen LogP contribution in [0.25, 0.3) is 0 Å². The summed E-state index contributed by atoms with van der Waals surface area (Å²) < 4.78 is 5.25. The molecule has 1 fully saturated rings. The van der Waals surface area contributed by atoms with Crippen LogP contribution in [-0.4, -0.2) is 36.9 Å². The molecule has 0 saturated carbocycles. The smallest absolute Gasteiger partial charge is 0.242 e. The van der Waals surface area contributed by atoms with E-state index in [1.54, 1.807) is 30.2 Å². The molecule has 1 heterocycles. The highest BCUT2D eigenvalue weighted by Crippen LogP contribution is 2.24. The molecular formula is C13H15ClN2O3. The summed E-state index contributed by atoms with van der Waals surface area (Å²) in [7, 11) is 1.57. The first kappa shape index (κ1) is 13.7. The summed E-state index contributed by atoms with van der Waals surface area (Å²) in [6.45, 7) is 0.833. The van der Waals surface area contributed by atoms with Crippen LogP contribution in [0.15, 0.2) is 18.2 Å². The van der Waals surface area contributed by atoms with Gasteiger partial charge in [0.25, 0.3) is 0 Å². The van der Waals surface area contributed by atoms with Crippen molar-refractivity contribution in [2.75, 3.05) is 20.2 Å². The number of amides is 2. The molecule has 1 aliphatic heterocycles. The van der Waals surface area contributed by atoms with Crippen molar-refractivity contribution in [1.82, 2.24) is 10.2 Å². The van der Waals surface area contributed by atoms with E-state index in [1.807, 2.05) is 0 Å². The Morgan fingerprint density at radius 3 is 2.95 bits per heavy atom. The van der Waals surface area contributed by atoms with Crippen molar-refractivity contribution in [3.05, 3.63) is 28.8 Å². The summed E-state index contributed by atoms with van der Waals surface area (Å²) >= 11 is 5.96. The minimum Gasteiger partial charge on any atom is -0.496 e. The van der Waals surface area contributed by atoms with Gasteiger partial charge in [0.1, 0.15) is 5.75 Å². The molecule has 0 aromatic heterocycles. The molecule has 1 aromatic rings. The summed E-state index contributed by atoms with van der Waals surface area (Å²) in [5.74, 6) is 0.475. The molecule has 0 spiro atoms. The lowest BCUT2D eigenvalue weighted by molar-refractivity contribution is -0.130. The van der Waals surface area contributed by atoms with Crippen LogP contribution in [-0.2, 0) is 16.1 Å². The molecule has 1 aromatic carbocycles. The fourth-order valence-electron chi connectivity index (χ4n) is 1.98. The molecule has 0 atom stereocenters. The zero-order chi connectivity index (χ0) is 13.8. The lowest BCUT2D eigenvalue weighted by Gasteiger charge is -2.21. The van der Waals surface area contributed by atoms with Crippen LogP contribution in [0.5, 0.6) is 5.75 Å². The molecule has 102 valence electrons. The Hall–Kier alpha value is -1.75. The van der Waals surface area contributed by atoms with Crippen molar-refractivity contribution < 1.29 is 14.3 Å². The molecule has 2 rings (SSSR count). The Balaban J connectivity index is 2.17. The average molecular weight is 283 g/mol. The second-order valence-corrected chi connectivity index (χ2v) is 4.73. The first-order chi connectivity index (χ1) is 9.10. The van der Waals surface area contributed by atoms with E-state index in [0.29, 0.717) is 30.3 Å². The predicted octanol–water partition coefficient (Wildman–Crippen LogP) is 1.20. The van der Waals surface area contributed by atoms with Gasteiger partial charge in [0.2, 0.25) is 11.8 Å². The second-order valence-electron chi connectivity index (χ2n) is 4.30. The number of methoxy groups -OCH3 is 1. The first-order valence-electron chi connectivity index (χ1n) is 5.97. The maximum atomic E-state index is 11.9. The van der Waals surface area contributed by atoms with Gasteiger partial charge in [-0.05, 0) is 18.2 Å². The van der Waals surface area contributed by atoms with Gasteiger partial charge in [0.15, 0.2) is 0 Å². The molecule has 0 unspecified atom stereocenters. The van der Waals surface area contributed by atoms with E-state index in [1.165, 1.54) is 0 Å². The van der Waals surface area contributed by atoms with Crippen molar-refractivity contribution in [2.24, 2.45) is 0 Å². The molecule has 1 aliphatic rings. The highest BCUT2D eigenvalue weighted by Gasteiger charge is 2.21. The number of nitrogens with zero attached hydrogens (tertiary/aromatic N) is 1. The van der Waals surface area contributed by atoms with Gasteiger partial charge in [0, 0.05) is 30.1 Å². The molecule has 5 nitrogen and oxygen atoms in total.